The highest BCUT2D eigenvalue weighted by Crippen LogP contribution is 2.15. The largest absolute Gasteiger partial charge is 0.370 e. The van der Waals surface area contributed by atoms with Crippen molar-refractivity contribution < 1.29 is 4.79 Å². The molecule has 1 aliphatic heterocycles. The van der Waals surface area contributed by atoms with Crippen LogP contribution in [0.3, 0.4) is 0 Å². The fourth-order valence-electron chi connectivity index (χ4n) is 3.22. The van der Waals surface area contributed by atoms with E-state index in [0.29, 0.717) is 24.1 Å². The highest BCUT2D eigenvalue weighted by Gasteiger charge is 2.22. The lowest BCUT2D eigenvalue weighted by atomic mass is 10.1. The molecule has 1 aromatic rings. The number of hydrogen-bond acceptors (Lipinski definition) is 3. The molecule has 6 heteroatoms. The number of aliphatic imine (C=N–C) groups is 1. The molecule has 1 amide bonds. The van der Waals surface area contributed by atoms with Crippen molar-refractivity contribution in [1.82, 2.24) is 15.5 Å². The van der Waals surface area contributed by atoms with Gasteiger partial charge in [-0.2, -0.15) is 0 Å². The molecule has 0 aromatic heterocycles. The molecule has 1 heterocycles. The van der Waals surface area contributed by atoms with Crippen LogP contribution in [-0.4, -0.2) is 48.5 Å². The van der Waals surface area contributed by atoms with E-state index in [2.05, 4.69) is 34.4 Å². The normalized spacial score (nSPS) is 19.3. The van der Waals surface area contributed by atoms with Gasteiger partial charge in [0.05, 0.1) is 6.54 Å². The minimum Gasteiger partial charge on any atom is -0.370 e. The molecule has 1 aromatic carbocycles. The lowest BCUT2D eigenvalue weighted by molar-refractivity contribution is 0.0939. The summed E-state index contributed by atoms with van der Waals surface area (Å²) >= 11 is 0. The van der Waals surface area contributed by atoms with Crippen molar-refractivity contribution in [3.8, 4) is 0 Å². The Hall–Kier alpha value is -2.08. The summed E-state index contributed by atoms with van der Waals surface area (Å²) in [5.74, 6) is 0.416. The SMILES string of the molecule is CCC(C)NC(=O)c1cccc(CN=C(N)NCC2CCCN2CC)c1. The molecule has 144 valence electrons. The zero-order valence-corrected chi connectivity index (χ0v) is 16.3. The van der Waals surface area contributed by atoms with E-state index in [-0.39, 0.29) is 11.9 Å². The number of likely N-dealkylation sites (tertiary alicyclic amines) is 1. The van der Waals surface area contributed by atoms with Crippen LogP contribution in [0.15, 0.2) is 29.3 Å². The molecule has 1 saturated heterocycles. The highest BCUT2D eigenvalue weighted by molar-refractivity contribution is 5.94. The van der Waals surface area contributed by atoms with Crippen LogP contribution in [-0.2, 0) is 6.54 Å². The van der Waals surface area contributed by atoms with Crippen LogP contribution in [0, 0.1) is 0 Å². The monoisotopic (exact) mass is 359 g/mol. The van der Waals surface area contributed by atoms with Crippen molar-refractivity contribution in [2.24, 2.45) is 10.7 Å². The van der Waals surface area contributed by atoms with Gasteiger partial charge in [0.1, 0.15) is 0 Å². The van der Waals surface area contributed by atoms with Crippen molar-refractivity contribution >= 4 is 11.9 Å². The summed E-state index contributed by atoms with van der Waals surface area (Å²) in [4.78, 5) is 19.1. The first-order valence-corrected chi connectivity index (χ1v) is 9.71. The van der Waals surface area contributed by atoms with Crippen LogP contribution in [0.5, 0.6) is 0 Å². The fraction of sp³-hybridized carbons (Fsp3) is 0.600. The molecule has 0 saturated carbocycles. The average molecular weight is 360 g/mol. The minimum atomic E-state index is -0.0443. The number of amides is 1. The van der Waals surface area contributed by atoms with E-state index < -0.39 is 0 Å². The molecular formula is C20H33N5O. The third kappa shape index (κ3) is 6.02. The molecule has 0 bridgehead atoms. The zero-order chi connectivity index (χ0) is 18.9. The summed E-state index contributed by atoms with van der Waals surface area (Å²) in [5, 5.41) is 6.22. The molecule has 0 aliphatic carbocycles. The average Bonchev–Trinajstić information content (AvgIpc) is 3.12. The number of nitrogens with zero attached hydrogens (tertiary/aromatic N) is 2. The number of benzene rings is 1. The minimum absolute atomic E-state index is 0.0443. The maximum absolute atomic E-state index is 12.2. The standard InChI is InChI=1S/C20H33N5O/c1-4-15(3)24-19(26)17-9-6-8-16(12-17)13-22-20(21)23-14-18-10-7-11-25(18)5-2/h6,8-9,12,15,18H,4-5,7,10-11,13-14H2,1-3H3,(H,24,26)(H3,21,22,23). The van der Waals surface area contributed by atoms with Crippen molar-refractivity contribution in [2.75, 3.05) is 19.6 Å². The predicted molar refractivity (Wildman–Crippen MR) is 107 cm³/mol. The Morgan fingerprint density at radius 1 is 1.42 bits per heavy atom. The number of rotatable bonds is 8. The molecule has 26 heavy (non-hydrogen) atoms. The van der Waals surface area contributed by atoms with Gasteiger partial charge in [-0.05, 0) is 57.0 Å². The highest BCUT2D eigenvalue weighted by atomic mass is 16.1. The van der Waals surface area contributed by atoms with Gasteiger partial charge in [-0.15, -0.1) is 0 Å². The maximum Gasteiger partial charge on any atom is 0.251 e. The van der Waals surface area contributed by atoms with Gasteiger partial charge in [0.2, 0.25) is 0 Å². The second-order valence-electron chi connectivity index (χ2n) is 6.99. The lowest BCUT2D eigenvalue weighted by Gasteiger charge is -2.23. The van der Waals surface area contributed by atoms with Gasteiger partial charge in [-0.3, -0.25) is 9.69 Å². The Morgan fingerprint density at radius 3 is 2.96 bits per heavy atom. The zero-order valence-electron chi connectivity index (χ0n) is 16.3. The van der Waals surface area contributed by atoms with Crippen molar-refractivity contribution in [2.45, 2.75) is 58.7 Å². The second-order valence-corrected chi connectivity index (χ2v) is 6.99. The van der Waals surface area contributed by atoms with E-state index in [9.17, 15) is 4.79 Å². The Balaban J connectivity index is 1.86. The fourth-order valence-corrected chi connectivity index (χ4v) is 3.22. The first-order valence-electron chi connectivity index (χ1n) is 9.71. The van der Waals surface area contributed by atoms with E-state index in [0.717, 1.165) is 25.1 Å². The van der Waals surface area contributed by atoms with Gasteiger partial charge in [-0.25, -0.2) is 4.99 Å². The number of carbonyl (C=O) groups is 1. The van der Waals surface area contributed by atoms with E-state index in [1.54, 1.807) is 0 Å². The molecule has 1 aliphatic rings. The van der Waals surface area contributed by atoms with Crippen molar-refractivity contribution in [1.29, 1.82) is 0 Å². The molecule has 2 unspecified atom stereocenters. The molecule has 6 nitrogen and oxygen atoms in total. The van der Waals surface area contributed by atoms with Gasteiger partial charge in [0, 0.05) is 24.2 Å². The summed E-state index contributed by atoms with van der Waals surface area (Å²) in [5.41, 5.74) is 7.65. The first-order chi connectivity index (χ1) is 12.5. The first kappa shape index (κ1) is 20.2. The Kier molecular flexibility index (Phi) is 7.91. The molecule has 0 radical (unpaired) electrons. The number of carbonyl (C=O) groups excluding carboxylic acids is 1. The Morgan fingerprint density at radius 2 is 2.23 bits per heavy atom. The van der Waals surface area contributed by atoms with E-state index in [1.165, 1.54) is 19.4 Å². The smallest absolute Gasteiger partial charge is 0.251 e. The number of nitrogens with one attached hydrogen (secondary N) is 2. The molecule has 2 rings (SSSR count). The number of guanidine groups is 1. The number of nitrogens with two attached hydrogens (primary N) is 1. The third-order valence-corrected chi connectivity index (χ3v) is 5.04. The lowest BCUT2D eigenvalue weighted by Crippen LogP contribution is -2.42. The third-order valence-electron chi connectivity index (χ3n) is 5.04. The second kappa shape index (κ2) is 10.2. The predicted octanol–water partition coefficient (Wildman–Crippen LogP) is 2.10. The van der Waals surface area contributed by atoms with Gasteiger partial charge < -0.3 is 16.4 Å². The molecule has 4 N–H and O–H groups in total. The molecule has 1 fully saturated rings. The van der Waals surface area contributed by atoms with E-state index in [1.807, 2.05) is 31.2 Å². The van der Waals surface area contributed by atoms with Crippen LogP contribution < -0.4 is 16.4 Å². The van der Waals surface area contributed by atoms with E-state index in [4.69, 9.17) is 5.73 Å². The van der Waals surface area contributed by atoms with Crippen molar-refractivity contribution in [3.63, 3.8) is 0 Å². The van der Waals surface area contributed by atoms with Crippen LogP contribution >= 0.6 is 0 Å². The van der Waals surface area contributed by atoms with Crippen LogP contribution in [0.2, 0.25) is 0 Å². The summed E-state index contributed by atoms with van der Waals surface area (Å²) in [6, 6.07) is 8.27. The van der Waals surface area contributed by atoms with Crippen LogP contribution in [0.4, 0.5) is 0 Å². The molecule has 0 spiro atoms. The number of hydrogen-bond donors (Lipinski definition) is 3. The number of likely N-dealkylation sites (N-methyl/N-ethyl adjacent to an activating group) is 1. The van der Waals surface area contributed by atoms with Crippen LogP contribution in [0.25, 0.3) is 0 Å². The van der Waals surface area contributed by atoms with Gasteiger partial charge in [0.25, 0.3) is 5.91 Å². The molecular weight excluding hydrogens is 326 g/mol. The molecule has 2 atom stereocenters. The van der Waals surface area contributed by atoms with Gasteiger partial charge in [-0.1, -0.05) is 26.0 Å². The summed E-state index contributed by atoms with van der Waals surface area (Å²) in [6.45, 7) is 9.80. The summed E-state index contributed by atoms with van der Waals surface area (Å²) in [7, 11) is 0. The quantitative estimate of drug-likeness (QED) is 0.490. The van der Waals surface area contributed by atoms with Crippen molar-refractivity contribution in [3.05, 3.63) is 35.4 Å². The van der Waals surface area contributed by atoms with Gasteiger partial charge in [0.15, 0.2) is 5.96 Å². The Bertz CT molecular complexity index is 616. The summed E-state index contributed by atoms with van der Waals surface area (Å²) < 4.78 is 0. The summed E-state index contributed by atoms with van der Waals surface area (Å²) in [6.07, 6.45) is 3.37. The van der Waals surface area contributed by atoms with Crippen LogP contribution in [0.1, 0.15) is 56.0 Å². The topological polar surface area (TPSA) is 82.8 Å². The maximum atomic E-state index is 12.2. The van der Waals surface area contributed by atoms with E-state index >= 15 is 0 Å². The Labute approximate surface area is 157 Å². The van der Waals surface area contributed by atoms with Gasteiger partial charge >= 0.3 is 0 Å².